The maximum Gasteiger partial charge on any atom is 0.305 e. The number of hydrogen-bond donors (Lipinski definition) is 1. The van der Waals surface area contributed by atoms with E-state index in [1.54, 1.807) is 0 Å². The number of allylic oxidation sites excluding steroid dienone is 1. The largest absolute Gasteiger partial charge is 0.305 e. The zero-order valence-corrected chi connectivity index (χ0v) is 3.52. The molecule has 2 heteroatoms. The van der Waals surface area contributed by atoms with Gasteiger partial charge in [-0.2, -0.15) is 12.6 Å². The van der Waals surface area contributed by atoms with Gasteiger partial charge in [-0.25, -0.2) is 0 Å². The molecule has 0 aromatic rings. The predicted octanol–water partition coefficient (Wildman–Crippen LogP) is 0.605. The van der Waals surface area contributed by atoms with Gasteiger partial charge in [0.2, 0.25) is 0 Å². The standard InChI is InChI=1S/C3H4OS/c4-2-1-3-5/h1-3,5H/p+1/b3-1-. The second-order valence-corrected chi connectivity index (χ2v) is 0.789. The van der Waals surface area contributed by atoms with Gasteiger partial charge < -0.3 is 0 Å². The summed E-state index contributed by atoms with van der Waals surface area (Å²) in [6.07, 6.45) is 2.34. The molecule has 0 unspecified atom stereocenters. The van der Waals surface area contributed by atoms with Gasteiger partial charge in [0.1, 0.15) is 0 Å². The molecule has 0 bridgehead atoms. The van der Waals surface area contributed by atoms with Crippen LogP contribution in [-0.2, 0) is 0 Å². The molecule has 0 saturated heterocycles. The molecule has 1 nitrogen and oxygen atoms in total. The molecule has 0 amide bonds. The maximum atomic E-state index is 7.81. The summed E-state index contributed by atoms with van der Waals surface area (Å²) in [5, 5.41) is 1.44. The Morgan fingerprint density at radius 3 is 2.20 bits per heavy atom. The minimum absolute atomic E-state index is 0.924. The summed E-state index contributed by atoms with van der Waals surface area (Å²) in [7, 11) is 0. The fourth-order valence-electron chi connectivity index (χ4n) is 0.0385. The van der Waals surface area contributed by atoms with Gasteiger partial charge in [0, 0.05) is 6.08 Å². The molecule has 1 N–H and O–H groups in total. The second kappa shape index (κ2) is 3.76. The average molecular weight is 89.1 g/mol. The van der Waals surface area contributed by atoms with Gasteiger partial charge >= 0.3 is 6.29 Å². The Balaban J connectivity index is 2.92. The summed E-state index contributed by atoms with van der Waals surface area (Å²) in [5.41, 5.74) is 0. The van der Waals surface area contributed by atoms with E-state index in [9.17, 15) is 0 Å². The summed E-state index contributed by atoms with van der Waals surface area (Å²) in [5.74, 6) is 0. The van der Waals surface area contributed by atoms with Crippen LogP contribution in [0.5, 0.6) is 0 Å². The van der Waals surface area contributed by atoms with Gasteiger partial charge in [-0.3, -0.25) is 4.79 Å². The molecule has 0 fully saturated rings. The lowest BCUT2D eigenvalue weighted by atomic mass is 10.7. The molecule has 0 spiro atoms. The predicted molar refractivity (Wildman–Crippen MR) is 26.1 cm³/mol. The topological polar surface area (TPSA) is 21.4 Å². The summed E-state index contributed by atoms with van der Waals surface area (Å²) in [6.45, 7) is 0. The molecule has 0 aliphatic carbocycles. The van der Waals surface area contributed by atoms with E-state index < -0.39 is 0 Å². The van der Waals surface area contributed by atoms with E-state index in [0.29, 0.717) is 0 Å². The SMILES string of the molecule is [OH+]=C/C=C\S. The number of thiol groups is 1. The molecule has 0 rings (SSSR count). The average Bonchev–Trinajstić information content (AvgIpc) is 1.41. The molecule has 0 heterocycles. The number of aldehydes is 1. The lowest BCUT2D eigenvalue weighted by Gasteiger charge is -1.46. The van der Waals surface area contributed by atoms with Gasteiger partial charge in [0.25, 0.3) is 0 Å². The molecule has 0 saturated carbocycles. The van der Waals surface area contributed by atoms with Crippen molar-refractivity contribution in [2.45, 2.75) is 0 Å². The fraction of sp³-hybridized carbons (Fsp3) is 0. The van der Waals surface area contributed by atoms with Crippen LogP contribution in [0, 0.1) is 0 Å². The van der Waals surface area contributed by atoms with Crippen LogP contribution in [-0.4, -0.2) is 11.1 Å². The molecule has 0 aliphatic rings. The van der Waals surface area contributed by atoms with Crippen molar-refractivity contribution < 1.29 is 4.79 Å². The molecule has 0 aromatic heterocycles. The van der Waals surface area contributed by atoms with Crippen molar-refractivity contribution in [2.24, 2.45) is 0 Å². The number of rotatable bonds is 1. The Hall–Kier alpha value is -0.240. The minimum atomic E-state index is 0.924. The van der Waals surface area contributed by atoms with Crippen LogP contribution in [0.4, 0.5) is 0 Å². The van der Waals surface area contributed by atoms with Crippen LogP contribution >= 0.6 is 12.6 Å². The Morgan fingerprint density at radius 2 is 2.20 bits per heavy atom. The molecule has 0 aromatic carbocycles. The van der Waals surface area contributed by atoms with Gasteiger partial charge in [0.05, 0.1) is 0 Å². The Kier molecular flexibility index (Phi) is 3.58. The Labute approximate surface area is 36.1 Å². The Morgan fingerprint density at radius 1 is 1.60 bits per heavy atom. The van der Waals surface area contributed by atoms with Crippen LogP contribution in [0.2, 0.25) is 0 Å². The zero-order chi connectivity index (χ0) is 4.12. The van der Waals surface area contributed by atoms with E-state index in [4.69, 9.17) is 4.79 Å². The first-order valence-electron chi connectivity index (χ1n) is 1.18. The van der Waals surface area contributed by atoms with E-state index in [0.717, 1.165) is 6.29 Å². The van der Waals surface area contributed by atoms with E-state index in [-0.39, 0.29) is 0 Å². The lowest BCUT2D eigenvalue weighted by Crippen LogP contribution is -1.50. The molecule has 28 valence electrons. The van der Waals surface area contributed by atoms with Crippen LogP contribution < -0.4 is 0 Å². The maximum absolute atomic E-state index is 7.81. The van der Waals surface area contributed by atoms with Crippen molar-refractivity contribution in [1.82, 2.24) is 0 Å². The van der Waals surface area contributed by atoms with Crippen molar-refractivity contribution in [3.63, 3.8) is 0 Å². The highest BCUT2D eigenvalue weighted by molar-refractivity contribution is 7.83. The third-order valence-electron chi connectivity index (χ3n) is 0.172. The van der Waals surface area contributed by atoms with Gasteiger partial charge in [-0.05, 0) is 5.41 Å². The van der Waals surface area contributed by atoms with Crippen molar-refractivity contribution in [3.8, 4) is 0 Å². The first kappa shape index (κ1) is 4.76. The summed E-state index contributed by atoms with van der Waals surface area (Å²) < 4.78 is 0. The van der Waals surface area contributed by atoms with Crippen molar-refractivity contribution in [2.75, 3.05) is 0 Å². The molecule has 0 aliphatic heterocycles. The highest BCUT2D eigenvalue weighted by Crippen LogP contribution is 1.67. The van der Waals surface area contributed by atoms with Crippen LogP contribution in [0.15, 0.2) is 11.5 Å². The molecular weight excluding hydrogens is 84.1 g/mol. The summed E-state index contributed by atoms with van der Waals surface area (Å²) in [4.78, 5) is 7.81. The zero-order valence-electron chi connectivity index (χ0n) is 2.63. The molecule has 0 atom stereocenters. The van der Waals surface area contributed by atoms with Crippen molar-refractivity contribution >= 4 is 18.9 Å². The minimum Gasteiger partial charge on any atom is -0.282 e. The normalized spacial score (nSPS) is 9.00. The van der Waals surface area contributed by atoms with Gasteiger partial charge in [-0.15, -0.1) is 0 Å². The van der Waals surface area contributed by atoms with Crippen molar-refractivity contribution in [1.29, 1.82) is 0 Å². The first-order valence-corrected chi connectivity index (χ1v) is 1.70. The monoisotopic (exact) mass is 89.0 g/mol. The highest BCUT2D eigenvalue weighted by Gasteiger charge is 1.56. The van der Waals surface area contributed by atoms with Gasteiger partial charge in [0.15, 0.2) is 0 Å². The third kappa shape index (κ3) is 3.76. The number of carbonyl (C=O) groups excluding carboxylic acids is 1. The van der Waals surface area contributed by atoms with Crippen LogP contribution in [0.1, 0.15) is 0 Å². The Bertz CT molecular complexity index is 48.9. The first-order chi connectivity index (χ1) is 2.41. The van der Waals surface area contributed by atoms with E-state index >= 15 is 0 Å². The van der Waals surface area contributed by atoms with E-state index in [1.165, 1.54) is 11.5 Å². The number of hydrogen-bond acceptors (Lipinski definition) is 1. The fourth-order valence-corrected chi connectivity index (χ4v) is 0.115. The highest BCUT2D eigenvalue weighted by atomic mass is 32.1. The molecular formula is C3H5OS+. The summed E-state index contributed by atoms with van der Waals surface area (Å²) in [6, 6.07) is 0. The van der Waals surface area contributed by atoms with Crippen molar-refractivity contribution in [3.05, 3.63) is 11.5 Å². The quantitative estimate of drug-likeness (QED) is 0.210. The van der Waals surface area contributed by atoms with Gasteiger partial charge in [-0.1, -0.05) is 0 Å². The smallest absolute Gasteiger partial charge is 0.282 e. The van der Waals surface area contributed by atoms with E-state index in [2.05, 4.69) is 12.6 Å². The summed E-state index contributed by atoms with van der Waals surface area (Å²) >= 11 is 3.63. The van der Waals surface area contributed by atoms with E-state index in [1.807, 2.05) is 0 Å². The lowest BCUT2D eigenvalue weighted by molar-refractivity contribution is 0.697. The second-order valence-electron chi connectivity index (χ2n) is 0.491. The third-order valence-corrected chi connectivity index (χ3v) is 0.344. The molecule has 5 heavy (non-hydrogen) atoms. The van der Waals surface area contributed by atoms with Crippen LogP contribution in [0.3, 0.4) is 0 Å². The molecule has 0 radical (unpaired) electrons. The van der Waals surface area contributed by atoms with Crippen LogP contribution in [0.25, 0.3) is 0 Å².